The van der Waals surface area contributed by atoms with Gasteiger partial charge in [0.15, 0.2) is 0 Å². The summed E-state index contributed by atoms with van der Waals surface area (Å²) in [6.07, 6.45) is 1.38. The zero-order valence-electron chi connectivity index (χ0n) is 15.5. The maximum atomic E-state index is 12.4. The van der Waals surface area contributed by atoms with Crippen LogP contribution in [0.1, 0.15) is 19.3 Å². The SMILES string of the molecule is O=C(CCn1nnc2ccccc2c1=O)Nc1ccc(N2CCCC2=O)c(Cl)c1. The molecule has 1 fully saturated rings. The van der Waals surface area contributed by atoms with Crippen LogP contribution in [0.15, 0.2) is 47.3 Å². The van der Waals surface area contributed by atoms with Gasteiger partial charge in [0, 0.05) is 25.1 Å². The summed E-state index contributed by atoms with van der Waals surface area (Å²) in [7, 11) is 0. The number of amides is 2. The van der Waals surface area contributed by atoms with Gasteiger partial charge in [0.1, 0.15) is 5.52 Å². The first-order valence-corrected chi connectivity index (χ1v) is 9.63. The predicted octanol–water partition coefficient (Wildman–Crippen LogP) is 2.60. The molecule has 0 saturated carbocycles. The summed E-state index contributed by atoms with van der Waals surface area (Å²) in [5, 5.41) is 11.5. The van der Waals surface area contributed by atoms with Crippen LogP contribution >= 0.6 is 11.6 Å². The summed E-state index contributed by atoms with van der Waals surface area (Å²) in [6.45, 7) is 0.752. The molecule has 0 aliphatic carbocycles. The Morgan fingerprint density at radius 1 is 1.17 bits per heavy atom. The number of hydrogen-bond donors (Lipinski definition) is 1. The van der Waals surface area contributed by atoms with Crippen LogP contribution < -0.4 is 15.8 Å². The van der Waals surface area contributed by atoms with E-state index in [1.807, 2.05) is 0 Å². The van der Waals surface area contributed by atoms with Gasteiger partial charge in [-0.25, -0.2) is 4.68 Å². The van der Waals surface area contributed by atoms with Crippen molar-refractivity contribution in [1.29, 1.82) is 0 Å². The Hall–Kier alpha value is -3.26. The summed E-state index contributed by atoms with van der Waals surface area (Å²) in [6, 6.07) is 12.0. The highest BCUT2D eigenvalue weighted by Crippen LogP contribution is 2.31. The molecule has 0 unspecified atom stereocenters. The number of rotatable bonds is 5. The Labute approximate surface area is 171 Å². The minimum absolute atomic E-state index is 0.0469. The van der Waals surface area contributed by atoms with E-state index in [2.05, 4.69) is 15.6 Å². The summed E-state index contributed by atoms with van der Waals surface area (Å²) in [5.41, 5.74) is 1.40. The van der Waals surface area contributed by atoms with Gasteiger partial charge in [-0.1, -0.05) is 28.9 Å². The molecule has 1 aliphatic heterocycles. The molecule has 1 aromatic heterocycles. The molecular weight excluding hydrogens is 394 g/mol. The summed E-state index contributed by atoms with van der Waals surface area (Å²) < 4.78 is 1.18. The van der Waals surface area contributed by atoms with E-state index in [-0.39, 0.29) is 30.3 Å². The normalized spacial score (nSPS) is 13.8. The fourth-order valence-corrected chi connectivity index (χ4v) is 3.59. The third kappa shape index (κ3) is 3.97. The van der Waals surface area contributed by atoms with Crippen molar-refractivity contribution in [1.82, 2.24) is 15.0 Å². The molecule has 2 amide bonds. The first-order valence-electron chi connectivity index (χ1n) is 9.25. The second kappa shape index (κ2) is 8.00. The van der Waals surface area contributed by atoms with Crippen LogP contribution in [-0.4, -0.2) is 33.4 Å². The van der Waals surface area contributed by atoms with E-state index in [1.54, 1.807) is 47.4 Å². The van der Waals surface area contributed by atoms with Crippen LogP contribution in [0.25, 0.3) is 10.9 Å². The fourth-order valence-electron chi connectivity index (χ4n) is 3.31. The molecule has 148 valence electrons. The number of fused-ring (bicyclic) bond motifs is 1. The lowest BCUT2D eigenvalue weighted by Gasteiger charge is -2.18. The zero-order chi connectivity index (χ0) is 20.4. The molecule has 29 heavy (non-hydrogen) atoms. The average Bonchev–Trinajstić information content (AvgIpc) is 3.13. The molecule has 1 aliphatic rings. The number of aromatic nitrogens is 3. The minimum Gasteiger partial charge on any atom is -0.326 e. The lowest BCUT2D eigenvalue weighted by Crippen LogP contribution is -2.26. The molecule has 0 spiro atoms. The van der Waals surface area contributed by atoms with Crippen molar-refractivity contribution in [3.05, 3.63) is 57.8 Å². The zero-order valence-corrected chi connectivity index (χ0v) is 16.2. The number of carbonyl (C=O) groups excluding carboxylic acids is 2. The molecule has 2 heterocycles. The number of carbonyl (C=O) groups is 2. The van der Waals surface area contributed by atoms with Gasteiger partial charge in [0.05, 0.1) is 22.6 Å². The number of hydrogen-bond acceptors (Lipinski definition) is 5. The van der Waals surface area contributed by atoms with E-state index in [9.17, 15) is 14.4 Å². The van der Waals surface area contributed by atoms with Gasteiger partial charge in [-0.2, -0.15) is 0 Å². The number of benzene rings is 2. The van der Waals surface area contributed by atoms with Gasteiger partial charge >= 0.3 is 0 Å². The van der Waals surface area contributed by atoms with Crippen molar-refractivity contribution < 1.29 is 9.59 Å². The van der Waals surface area contributed by atoms with Gasteiger partial charge in [0.2, 0.25) is 11.8 Å². The van der Waals surface area contributed by atoms with Crippen molar-refractivity contribution >= 4 is 45.7 Å². The number of nitrogens with one attached hydrogen (secondary N) is 1. The standard InChI is InChI=1S/C20H18ClN5O3/c21-15-12-13(7-8-17(15)25-10-3-6-19(25)28)22-18(27)9-11-26-20(29)14-4-1-2-5-16(14)23-24-26/h1-2,4-5,7-8,12H,3,6,9-11H2,(H,22,27). The van der Waals surface area contributed by atoms with Gasteiger partial charge in [-0.05, 0) is 36.8 Å². The Balaban J connectivity index is 1.41. The van der Waals surface area contributed by atoms with Crippen LogP contribution in [0, 0.1) is 0 Å². The number of aryl methyl sites for hydroxylation is 1. The van der Waals surface area contributed by atoms with Crippen molar-refractivity contribution in [2.75, 3.05) is 16.8 Å². The Morgan fingerprint density at radius 2 is 2.00 bits per heavy atom. The van der Waals surface area contributed by atoms with E-state index < -0.39 is 0 Å². The Kier molecular flexibility index (Phi) is 5.26. The fraction of sp³-hybridized carbons (Fsp3) is 0.250. The molecule has 9 heteroatoms. The molecule has 0 bridgehead atoms. The first kappa shape index (κ1) is 19.1. The molecule has 1 saturated heterocycles. The molecule has 0 radical (unpaired) electrons. The molecule has 0 atom stereocenters. The van der Waals surface area contributed by atoms with E-state index in [0.29, 0.717) is 40.3 Å². The molecular formula is C20H18ClN5O3. The number of nitrogens with zero attached hydrogens (tertiary/aromatic N) is 4. The maximum Gasteiger partial charge on any atom is 0.277 e. The summed E-state index contributed by atoms with van der Waals surface area (Å²) in [4.78, 5) is 38.2. The Bertz CT molecular complexity index is 1160. The molecule has 8 nitrogen and oxygen atoms in total. The van der Waals surface area contributed by atoms with E-state index in [1.165, 1.54) is 4.68 Å². The van der Waals surface area contributed by atoms with Crippen LogP contribution in [-0.2, 0) is 16.1 Å². The highest BCUT2D eigenvalue weighted by atomic mass is 35.5. The average molecular weight is 412 g/mol. The van der Waals surface area contributed by atoms with Gasteiger partial charge in [-0.3, -0.25) is 14.4 Å². The largest absolute Gasteiger partial charge is 0.326 e. The topological polar surface area (TPSA) is 97.2 Å². The highest BCUT2D eigenvalue weighted by molar-refractivity contribution is 6.34. The minimum atomic E-state index is -0.286. The highest BCUT2D eigenvalue weighted by Gasteiger charge is 2.23. The maximum absolute atomic E-state index is 12.4. The van der Waals surface area contributed by atoms with Crippen LogP contribution in [0.3, 0.4) is 0 Å². The molecule has 1 N–H and O–H groups in total. The van der Waals surface area contributed by atoms with Gasteiger partial charge < -0.3 is 10.2 Å². The molecule has 3 aromatic rings. The van der Waals surface area contributed by atoms with E-state index in [0.717, 1.165) is 6.42 Å². The summed E-state index contributed by atoms with van der Waals surface area (Å²) >= 11 is 6.30. The predicted molar refractivity (Wildman–Crippen MR) is 110 cm³/mol. The second-order valence-electron chi connectivity index (χ2n) is 6.75. The number of anilines is 2. The molecule has 2 aromatic carbocycles. The van der Waals surface area contributed by atoms with Gasteiger partial charge in [0.25, 0.3) is 5.56 Å². The van der Waals surface area contributed by atoms with E-state index in [4.69, 9.17) is 11.6 Å². The number of halogens is 1. The quantitative estimate of drug-likeness (QED) is 0.696. The lowest BCUT2D eigenvalue weighted by molar-refractivity contribution is -0.117. The van der Waals surface area contributed by atoms with Crippen LogP contribution in [0.5, 0.6) is 0 Å². The van der Waals surface area contributed by atoms with Crippen LogP contribution in [0.2, 0.25) is 5.02 Å². The van der Waals surface area contributed by atoms with E-state index >= 15 is 0 Å². The van der Waals surface area contributed by atoms with Crippen molar-refractivity contribution in [3.8, 4) is 0 Å². The van der Waals surface area contributed by atoms with Crippen molar-refractivity contribution in [2.45, 2.75) is 25.8 Å². The van der Waals surface area contributed by atoms with Crippen molar-refractivity contribution in [2.24, 2.45) is 0 Å². The third-order valence-corrected chi connectivity index (χ3v) is 5.08. The second-order valence-corrected chi connectivity index (χ2v) is 7.16. The third-order valence-electron chi connectivity index (χ3n) is 4.78. The first-order chi connectivity index (χ1) is 14.0. The van der Waals surface area contributed by atoms with Crippen molar-refractivity contribution in [3.63, 3.8) is 0 Å². The smallest absolute Gasteiger partial charge is 0.277 e. The molecule has 4 rings (SSSR count). The van der Waals surface area contributed by atoms with Gasteiger partial charge in [-0.15, -0.1) is 5.10 Å². The monoisotopic (exact) mass is 411 g/mol. The lowest BCUT2D eigenvalue weighted by atomic mass is 10.2. The van der Waals surface area contributed by atoms with Crippen LogP contribution in [0.4, 0.5) is 11.4 Å². The Morgan fingerprint density at radius 3 is 2.76 bits per heavy atom. The summed E-state index contributed by atoms with van der Waals surface area (Å²) in [5.74, 6) is -0.237.